The second-order valence-electron chi connectivity index (χ2n) is 3.09. The summed E-state index contributed by atoms with van der Waals surface area (Å²) in [7, 11) is 0. The third-order valence-corrected chi connectivity index (χ3v) is 2.25. The highest BCUT2D eigenvalue weighted by Gasteiger charge is 2.03. The Morgan fingerprint density at radius 1 is 1.38 bits per heavy atom. The number of hydrogen-bond acceptors (Lipinski definition) is 2. The highest BCUT2D eigenvalue weighted by Crippen LogP contribution is 2.09. The molecule has 2 heterocycles. The lowest BCUT2D eigenvalue weighted by Crippen LogP contribution is -1.94. The Hall–Kier alpha value is -1.03. The molecule has 2 aromatic rings. The minimum Gasteiger partial charge on any atom is -0.288 e. The summed E-state index contributed by atoms with van der Waals surface area (Å²) in [6.07, 6.45) is 1.95. The van der Waals surface area contributed by atoms with Crippen LogP contribution in [0.3, 0.4) is 0 Å². The van der Waals surface area contributed by atoms with E-state index in [0.717, 1.165) is 22.9 Å². The van der Waals surface area contributed by atoms with Gasteiger partial charge in [0.1, 0.15) is 0 Å². The minimum absolute atomic E-state index is 0.543. The lowest BCUT2D eigenvalue weighted by molar-refractivity contribution is 1.01. The smallest absolute Gasteiger partial charge is 0.234 e. The lowest BCUT2D eigenvalue weighted by atomic mass is 10.3. The van der Waals surface area contributed by atoms with Gasteiger partial charge < -0.3 is 0 Å². The van der Waals surface area contributed by atoms with Crippen LogP contribution in [0.4, 0.5) is 0 Å². The van der Waals surface area contributed by atoms with Gasteiger partial charge in [0.2, 0.25) is 5.78 Å². The van der Waals surface area contributed by atoms with Crippen LogP contribution in [-0.2, 0) is 5.75 Å². The molecule has 0 aliphatic heterocycles. The Labute approximate surface area is 82.2 Å². The molecule has 2 aromatic heterocycles. The van der Waals surface area contributed by atoms with Gasteiger partial charge in [-0.15, -0.1) is 0 Å². The molecule has 0 aliphatic rings. The van der Waals surface area contributed by atoms with Gasteiger partial charge in [-0.05, 0) is 19.9 Å². The molecular weight excluding hydrogens is 182 g/mol. The van der Waals surface area contributed by atoms with Gasteiger partial charge in [-0.25, -0.2) is 9.97 Å². The van der Waals surface area contributed by atoms with Crippen LogP contribution in [0.2, 0.25) is 0 Å². The molecular formula is C9H10N3S. The molecule has 0 saturated carbocycles. The van der Waals surface area contributed by atoms with Gasteiger partial charge in [-0.3, -0.25) is 4.40 Å². The number of rotatable bonds is 1. The number of aryl methyl sites for hydroxylation is 2. The molecule has 0 aliphatic carbocycles. The van der Waals surface area contributed by atoms with E-state index in [1.54, 1.807) is 0 Å². The number of fused-ring (bicyclic) bond motifs is 1. The molecule has 0 fully saturated rings. The molecule has 0 atom stereocenters. The summed E-state index contributed by atoms with van der Waals surface area (Å²) in [4.78, 5) is 8.61. The normalized spacial score (nSPS) is 11.0. The van der Waals surface area contributed by atoms with E-state index in [4.69, 9.17) is 12.6 Å². The lowest BCUT2D eigenvalue weighted by Gasteiger charge is -1.98. The van der Waals surface area contributed by atoms with Gasteiger partial charge >= 0.3 is 0 Å². The van der Waals surface area contributed by atoms with Crippen LogP contribution in [-0.4, -0.2) is 14.4 Å². The monoisotopic (exact) mass is 192 g/mol. The molecule has 3 nitrogen and oxygen atoms in total. The molecule has 0 unspecified atom stereocenters. The predicted octanol–water partition coefficient (Wildman–Crippen LogP) is 2.04. The van der Waals surface area contributed by atoms with Gasteiger partial charge in [0.15, 0.2) is 0 Å². The molecule has 0 amide bonds. The maximum atomic E-state index is 4.93. The van der Waals surface area contributed by atoms with Gasteiger partial charge in [-0.1, -0.05) is 12.6 Å². The largest absolute Gasteiger partial charge is 0.288 e. The average molecular weight is 192 g/mol. The van der Waals surface area contributed by atoms with Crippen LogP contribution in [0, 0.1) is 13.8 Å². The van der Waals surface area contributed by atoms with Gasteiger partial charge in [0.05, 0.1) is 5.69 Å². The van der Waals surface area contributed by atoms with E-state index in [2.05, 4.69) is 9.97 Å². The Balaban J connectivity index is 2.75. The Kier molecular flexibility index (Phi) is 2.00. The van der Waals surface area contributed by atoms with Gasteiger partial charge in [0.25, 0.3) is 0 Å². The Bertz CT molecular complexity index is 447. The van der Waals surface area contributed by atoms with Crippen molar-refractivity contribution in [3.8, 4) is 0 Å². The minimum atomic E-state index is 0.543. The van der Waals surface area contributed by atoms with Crippen molar-refractivity contribution in [2.24, 2.45) is 0 Å². The van der Waals surface area contributed by atoms with E-state index in [1.807, 2.05) is 30.5 Å². The molecule has 4 heteroatoms. The summed E-state index contributed by atoms with van der Waals surface area (Å²) in [5.41, 5.74) is 3.05. The highest BCUT2D eigenvalue weighted by molar-refractivity contribution is 7.79. The van der Waals surface area contributed by atoms with Crippen molar-refractivity contribution in [2.75, 3.05) is 0 Å². The molecule has 0 bridgehead atoms. The molecule has 67 valence electrons. The zero-order chi connectivity index (χ0) is 9.42. The molecule has 0 aromatic carbocycles. The van der Waals surface area contributed by atoms with E-state index < -0.39 is 0 Å². The van der Waals surface area contributed by atoms with Crippen LogP contribution in [0.1, 0.15) is 17.1 Å². The van der Waals surface area contributed by atoms with Gasteiger partial charge in [-0.2, -0.15) is 0 Å². The van der Waals surface area contributed by atoms with Crippen molar-refractivity contribution in [3.63, 3.8) is 0 Å². The van der Waals surface area contributed by atoms with Crippen LogP contribution < -0.4 is 0 Å². The zero-order valence-corrected chi connectivity index (χ0v) is 8.43. The van der Waals surface area contributed by atoms with Crippen molar-refractivity contribution >= 4 is 18.4 Å². The number of imidazole rings is 1. The SMILES string of the molecule is Cc1cc(C)n2cc(C[S])nc2n1. The molecule has 0 saturated heterocycles. The predicted molar refractivity (Wildman–Crippen MR) is 53.8 cm³/mol. The molecule has 0 spiro atoms. The summed E-state index contributed by atoms with van der Waals surface area (Å²) in [5.74, 6) is 1.29. The fourth-order valence-corrected chi connectivity index (χ4v) is 1.53. The fraction of sp³-hybridized carbons (Fsp3) is 0.333. The summed E-state index contributed by atoms with van der Waals surface area (Å²) in [6.45, 7) is 4.01. The molecule has 1 radical (unpaired) electrons. The summed E-state index contributed by atoms with van der Waals surface area (Å²) in [5, 5.41) is 0. The van der Waals surface area contributed by atoms with E-state index in [0.29, 0.717) is 5.75 Å². The number of hydrogen-bond donors (Lipinski definition) is 0. The van der Waals surface area contributed by atoms with Crippen LogP contribution in [0.5, 0.6) is 0 Å². The summed E-state index contributed by atoms with van der Waals surface area (Å²) >= 11 is 4.93. The third-order valence-electron chi connectivity index (χ3n) is 1.96. The average Bonchev–Trinajstić information content (AvgIpc) is 2.47. The Morgan fingerprint density at radius 2 is 2.15 bits per heavy atom. The summed E-state index contributed by atoms with van der Waals surface area (Å²) in [6, 6.07) is 2.03. The maximum Gasteiger partial charge on any atom is 0.234 e. The Morgan fingerprint density at radius 3 is 2.85 bits per heavy atom. The number of nitrogens with zero attached hydrogens (tertiary/aromatic N) is 3. The van der Waals surface area contributed by atoms with Crippen LogP contribution >= 0.6 is 12.6 Å². The first kappa shape index (κ1) is 8.56. The van der Waals surface area contributed by atoms with Crippen LogP contribution in [0.15, 0.2) is 12.3 Å². The number of aromatic nitrogens is 3. The van der Waals surface area contributed by atoms with Crippen molar-refractivity contribution in [1.29, 1.82) is 0 Å². The third kappa shape index (κ3) is 1.42. The zero-order valence-electron chi connectivity index (χ0n) is 7.61. The van der Waals surface area contributed by atoms with Crippen molar-refractivity contribution in [3.05, 3.63) is 29.3 Å². The second-order valence-corrected chi connectivity index (χ2v) is 3.37. The van der Waals surface area contributed by atoms with E-state index in [9.17, 15) is 0 Å². The fourth-order valence-electron chi connectivity index (χ4n) is 1.39. The first-order chi connectivity index (χ1) is 6.20. The molecule has 2 rings (SSSR count). The van der Waals surface area contributed by atoms with Crippen molar-refractivity contribution < 1.29 is 0 Å². The first-order valence-electron chi connectivity index (χ1n) is 4.11. The molecule has 0 N–H and O–H groups in total. The maximum absolute atomic E-state index is 4.93. The quantitative estimate of drug-likeness (QED) is 0.692. The first-order valence-corrected chi connectivity index (χ1v) is 4.69. The van der Waals surface area contributed by atoms with Gasteiger partial charge in [0, 0.05) is 23.3 Å². The highest BCUT2D eigenvalue weighted by atomic mass is 32.1. The van der Waals surface area contributed by atoms with E-state index in [-0.39, 0.29) is 0 Å². The van der Waals surface area contributed by atoms with Crippen molar-refractivity contribution in [2.45, 2.75) is 19.6 Å². The van der Waals surface area contributed by atoms with Crippen molar-refractivity contribution in [1.82, 2.24) is 14.4 Å². The van der Waals surface area contributed by atoms with Crippen LogP contribution in [0.25, 0.3) is 5.78 Å². The standard InChI is InChI=1S/C9H10N3S/c1-6-3-7(2)12-4-8(5-13)11-9(12)10-6/h3-4H,5H2,1-2H3. The topological polar surface area (TPSA) is 30.2 Å². The summed E-state index contributed by atoms with van der Waals surface area (Å²) < 4.78 is 1.97. The second kappa shape index (κ2) is 3.03. The molecule has 13 heavy (non-hydrogen) atoms. The van der Waals surface area contributed by atoms with E-state index in [1.165, 1.54) is 0 Å². The van der Waals surface area contributed by atoms with E-state index >= 15 is 0 Å².